The van der Waals surface area contributed by atoms with Crippen molar-refractivity contribution in [2.75, 3.05) is 13.2 Å². The topological polar surface area (TPSA) is 107 Å². The Balaban J connectivity index is 2.05. The predicted molar refractivity (Wildman–Crippen MR) is 93.6 cm³/mol. The molecule has 0 atom stereocenters. The first-order valence-corrected chi connectivity index (χ1v) is 8.28. The smallest absolute Gasteiger partial charge is 0.375 e. The third kappa shape index (κ3) is 5.06. The number of urea groups is 1. The molecule has 2 rings (SSSR count). The van der Waals surface area contributed by atoms with Gasteiger partial charge in [0.15, 0.2) is 6.61 Å². The second kappa shape index (κ2) is 9.00. The summed E-state index contributed by atoms with van der Waals surface area (Å²) in [5.41, 5.74) is 1.08. The van der Waals surface area contributed by atoms with Gasteiger partial charge in [-0.15, -0.1) is 0 Å². The van der Waals surface area contributed by atoms with E-state index in [4.69, 9.17) is 13.9 Å². The van der Waals surface area contributed by atoms with Gasteiger partial charge in [0.1, 0.15) is 5.58 Å². The lowest BCUT2D eigenvalue weighted by Crippen LogP contribution is -2.44. The van der Waals surface area contributed by atoms with Crippen LogP contribution in [0.4, 0.5) is 4.79 Å². The van der Waals surface area contributed by atoms with Crippen molar-refractivity contribution >= 4 is 28.9 Å². The molecule has 26 heavy (non-hydrogen) atoms. The number of amides is 3. The number of furan rings is 1. The number of benzene rings is 1. The number of rotatable bonds is 7. The van der Waals surface area contributed by atoms with Crippen LogP contribution in [0.3, 0.4) is 0 Å². The van der Waals surface area contributed by atoms with Gasteiger partial charge < -0.3 is 19.2 Å². The Morgan fingerprint density at radius 1 is 1.19 bits per heavy atom. The molecular formula is C18H22N2O6. The Morgan fingerprint density at radius 3 is 2.62 bits per heavy atom. The summed E-state index contributed by atoms with van der Waals surface area (Å²) in [7, 11) is 0. The zero-order valence-electron chi connectivity index (χ0n) is 15.0. The van der Waals surface area contributed by atoms with Crippen molar-refractivity contribution in [2.45, 2.75) is 33.4 Å². The van der Waals surface area contributed by atoms with Crippen molar-refractivity contribution in [1.82, 2.24) is 10.6 Å². The standard InChI is InChI=1S/C18H22N2O6/c1-4-24-9-13-12-7-5-6-8-14(12)26-16(13)17(22)25-10-15(21)20-18(23)19-11(2)3/h5-8,11H,4,9-10H2,1-3H3,(H2,19,20,21,23). The number of imide groups is 1. The summed E-state index contributed by atoms with van der Waals surface area (Å²) in [6.07, 6.45) is 0. The maximum Gasteiger partial charge on any atom is 0.375 e. The minimum absolute atomic E-state index is 0.0147. The Bertz CT molecular complexity index is 796. The van der Waals surface area contributed by atoms with E-state index in [0.717, 1.165) is 5.39 Å². The first kappa shape index (κ1) is 19.5. The van der Waals surface area contributed by atoms with Crippen LogP contribution in [0, 0.1) is 0 Å². The zero-order valence-corrected chi connectivity index (χ0v) is 15.0. The van der Waals surface area contributed by atoms with Crippen LogP contribution in [0.15, 0.2) is 28.7 Å². The SMILES string of the molecule is CCOCc1c(C(=O)OCC(=O)NC(=O)NC(C)C)oc2ccccc12. The maximum atomic E-state index is 12.3. The highest BCUT2D eigenvalue weighted by molar-refractivity contribution is 5.99. The van der Waals surface area contributed by atoms with E-state index in [1.54, 1.807) is 26.0 Å². The number of carbonyl (C=O) groups is 3. The fourth-order valence-corrected chi connectivity index (χ4v) is 2.27. The molecule has 8 nitrogen and oxygen atoms in total. The van der Waals surface area contributed by atoms with Crippen molar-refractivity contribution in [3.05, 3.63) is 35.6 Å². The number of fused-ring (bicyclic) bond motifs is 1. The third-order valence-corrected chi connectivity index (χ3v) is 3.34. The molecule has 8 heteroatoms. The van der Waals surface area contributed by atoms with Gasteiger partial charge in [0.25, 0.3) is 5.91 Å². The van der Waals surface area contributed by atoms with Crippen molar-refractivity contribution in [2.24, 2.45) is 0 Å². The van der Waals surface area contributed by atoms with Crippen molar-refractivity contribution in [1.29, 1.82) is 0 Å². The largest absolute Gasteiger partial charge is 0.450 e. The lowest BCUT2D eigenvalue weighted by molar-refractivity contribution is -0.123. The van der Waals surface area contributed by atoms with Crippen LogP contribution in [-0.4, -0.2) is 37.2 Å². The number of esters is 1. The normalized spacial score (nSPS) is 10.8. The molecule has 0 radical (unpaired) electrons. The average molecular weight is 362 g/mol. The van der Waals surface area contributed by atoms with Gasteiger partial charge in [0, 0.05) is 23.6 Å². The highest BCUT2D eigenvalue weighted by Gasteiger charge is 2.23. The lowest BCUT2D eigenvalue weighted by atomic mass is 10.1. The van der Waals surface area contributed by atoms with Gasteiger partial charge in [-0.3, -0.25) is 10.1 Å². The Morgan fingerprint density at radius 2 is 1.92 bits per heavy atom. The van der Waals surface area contributed by atoms with E-state index in [1.807, 2.05) is 19.1 Å². The van der Waals surface area contributed by atoms with Gasteiger partial charge in [0.2, 0.25) is 5.76 Å². The van der Waals surface area contributed by atoms with Crippen molar-refractivity contribution in [3.8, 4) is 0 Å². The van der Waals surface area contributed by atoms with Crippen LogP contribution in [0.5, 0.6) is 0 Å². The van der Waals surface area contributed by atoms with Crippen LogP contribution < -0.4 is 10.6 Å². The van der Waals surface area contributed by atoms with Crippen LogP contribution in [0.25, 0.3) is 11.0 Å². The summed E-state index contributed by atoms with van der Waals surface area (Å²) in [6.45, 7) is 5.40. The molecule has 0 spiro atoms. The van der Waals surface area contributed by atoms with Gasteiger partial charge >= 0.3 is 12.0 Å². The van der Waals surface area contributed by atoms with Crippen molar-refractivity contribution in [3.63, 3.8) is 0 Å². The van der Waals surface area contributed by atoms with Crippen molar-refractivity contribution < 1.29 is 28.3 Å². The molecule has 0 unspecified atom stereocenters. The molecule has 1 heterocycles. The molecule has 0 aliphatic carbocycles. The Kier molecular flexibility index (Phi) is 6.74. The molecule has 0 aliphatic heterocycles. The van der Waals surface area contributed by atoms with Gasteiger partial charge in [0.05, 0.1) is 6.61 Å². The fraction of sp³-hybridized carbons (Fsp3) is 0.389. The first-order chi connectivity index (χ1) is 12.4. The summed E-state index contributed by atoms with van der Waals surface area (Å²) < 4.78 is 15.9. The number of para-hydroxylation sites is 1. The minimum Gasteiger partial charge on any atom is -0.450 e. The Labute approximate surface area is 150 Å². The third-order valence-electron chi connectivity index (χ3n) is 3.34. The predicted octanol–water partition coefficient (Wildman–Crippen LogP) is 2.36. The monoisotopic (exact) mass is 362 g/mol. The summed E-state index contributed by atoms with van der Waals surface area (Å²) in [6, 6.07) is 6.37. The van der Waals surface area contributed by atoms with E-state index in [2.05, 4.69) is 10.6 Å². The van der Waals surface area contributed by atoms with Gasteiger partial charge in [-0.25, -0.2) is 9.59 Å². The highest BCUT2D eigenvalue weighted by atomic mass is 16.5. The molecule has 0 bridgehead atoms. The summed E-state index contributed by atoms with van der Waals surface area (Å²) in [5, 5.41) is 5.31. The molecule has 1 aromatic carbocycles. The maximum absolute atomic E-state index is 12.3. The Hall–Kier alpha value is -2.87. The van der Waals surface area contributed by atoms with E-state index in [9.17, 15) is 14.4 Å². The van der Waals surface area contributed by atoms with E-state index < -0.39 is 24.5 Å². The van der Waals surface area contributed by atoms with Crippen LogP contribution in [-0.2, 0) is 20.9 Å². The number of hydrogen-bond donors (Lipinski definition) is 2. The average Bonchev–Trinajstić information content (AvgIpc) is 2.95. The van der Waals surface area contributed by atoms with Gasteiger partial charge in [-0.1, -0.05) is 18.2 Å². The second-order valence-electron chi connectivity index (χ2n) is 5.80. The number of ether oxygens (including phenoxy) is 2. The molecule has 2 aromatic rings. The zero-order chi connectivity index (χ0) is 19.1. The lowest BCUT2D eigenvalue weighted by Gasteiger charge is -2.09. The number of hydrogen-bond acceptors (Lipinski definition) is 6. The fourth-order valence-electron chi connectivity index (χ4n) is 2.27. The highest BCUT2D eigenvalue weighted by Crippen LogP contribution is 2.27. The molecule has 0 aliphatic rings. The van der Waals surface area contributed by atoms with Crippen LogP contribution in [0.2, 0.25) is 0 Å². The summed E-state index contributed by atoms with van der Waals surface area (Å²) >= 11 is 0. The first-order valence-electron chi connectivity index (χ1n) is 8.28. The van der Waals surface area contributed by atoms with E-state index in [1.165, 1.54) is 0 Å². The van der Waals surface area contributed by atoms with Crippen LogP contribution >= 0.6 is 0 Å². The minimum atomic E-state index is -0.796. The van der Waals surface area contributed by atoms with Gasteiger partial charge in [-0.05, 0) is 26.8 Å². The molecule has 0 saturated heterocycles. The van der Waals surface area contributed by atoms with E-state index >= 15 is 0 Å². The molecule has 0 saturated carbocycles. The summed E-state index contributed by atoms with van der Waals surface area (Å²) in [4.78, 5) is 35.5. The quantitative estimate of drug-likeness (QED) is 0.732. The molecule has 140 valence electrons. The molecule has 0 fully saturated rings. The number of carbonyl (C=O) groups excluding carboxylic acids is 3. The van der Waals surface area contributed by atoms with Gasteiger partial charge in [-0.2, -0.15) is 0 Å². The molecule has 2 N–H and O–H groups in total. The molecule has 3 amide bonds. The molecular weight excluding hydrogens is 340 g/mol. The second-order valence-corrected chi connectivity index (χ2v) is 5.80. The number of nitrogens with one attached hydrogen (secondary N) is 2. The van der Waals surface area contributed by atoms with Crippen LogP contribution in [0.1, 0.15) is 36.9 Å². The van der Waals surface area contributed by atoms with E-state index in [-0.39, 0.29) is 18.4 Å². The summed E-state index contributed by atoms with van der Waals surface area (Å²) in [5.74, 6) is -1.55. The van der Waals surface area contributed by atoms with E-state index in [0.29, 0.717) is 17.8 Å². The molecule has 1 aromatic heterocycles.